The van der Waals surface area contributed by atoms with Crippen LogP contribution < -0.4 is 5.32 Å². The molecule has 0 amide bonds. The van der Waals surface area contributed by atoms with E-state index in [4.69, 9.17) is 12.2 Å². The first-order valence-corrected chi connectivity index (χ1v) is 6.38. The number of piperidine rings is 1. The van der Waals surface area contributed by atoms with Crippen LogP contribution >= 0.6 is 23.6 Å². The number of likely N-dealkylation sites (tertiary alicyclic amines) is 1. The first-order chi connectivity index (χ1) is 7.15. The maximum atomic E-state index is 5.00. The number of aromatic nitrogens is 2. The molecule has 0 aliphatic carbocycles. The third kappa shape index (κ3) is 2.76. The topological polar surface area (TPSA) is 44.0 Å². The molecule has 2 atom stereocenters. The predicted octanol–water partition coefficient (Wildman–Crippen LogP) is 1.95. The summed E-state index contributed by atoms with van der Waals surface area (Å²) in [7, 11) is 2.17. The average molecular weight is 244 g/mol. The molecule has 15 heavy (non-hydrogen) atoms. The Morgan fingerprint density at radius 1 is 1.67 bits per heavy atom. The largest absolute Gasteiger partial charge is 0.357 e. The second-order valence-corrected chi connectivity index (χ2v) is 5.86. The van der Waals surface area contributed by atoms with Gasteiger partial charge in [0.2, 0.25) is 5.13 Å². The molecule has 1 fully saturated rings. The Morgan fingerprint density at radius 2 is 2.47 bits per heavy atom. The lowest BCUT2D eigenvalue weighted by molar-refractivity contribution is 0.206. The quantitative estimate of drug-likeness (QED) is 0.781. The summed E-state index contributed by atoms with van der Waals surface area (Å²) < 4.78 is 0.734. The summed E-state index contributed by atoms with van der Waals surface area (Å²) in [6.07, 6.45) is 1.17. The molecule has 6 heteroatoms. The van der Waals surface area contributed by atoms with Crippen LogP contribution in [0.3, 0.4) is 0 Å². The summed E-state index contributed by atoms with van der Waals surface area (Å²) in [5.41, 5.74) is 0. The fourth-order valence-electron chi connectivity index (χ4n) is 2.02. The Bertz CT molecular complexity index is 372. The van der Waals surface area contributed by atoms with Crippen molar-refractivity contribution >= 4 is 28.7 Å². The van der Waals surface area contributed by atoms with E-state index in [1.165, 1.54) is 17.8 Å². The molecule has 0 bridgehead atoms. The van der Waals surface area contributed by atoms with Gasteiger partial charge in [-0.3, -0.25) is 5.10 Å². The summed E-state index contributed by atoms with van der Waals surface area (Å²) in [5.74, 6) is 0.654. The zero-order valence-electron chi connectivity index (χ0n) is 8.99. The number of nitrogens with one attached hydrogen (secondary N) is 2. The van der Waals surface area contributed by atoms with Crippen molar-refractivity contribution in [3.8, 4) is 0 Å². The highest BCUT2D eigenvalue weighted by atomic mass is 32.1. The van der Waals surface area contributed by atoms with Crippen LogP contribution in [0, 0.1) is 9.87 Å². The minimum absolute atomic E-state index is 0.523. The predicted molar refractivity (Wildman–Crippen MR) is 66.0 cm³/mol. The Hall–Kier alpha value is -0.460. The molecule has 0 aromatic carbocycles. The van der Waals surface area contributed by atoms with Gasteiger partial charge in [-0.05, 0) is 38.1 Å². The van der Waals surface area contributed by atoms with E-state index in [0.29, 0.717) is 12.0 Å². The van der Waals surface area contributed by atoms with Gasteiger partial charge in [-0.2, -0.15) is 0 Å². The molecular formula is C9H16N4S2. The second-order valence-electron chi connectivity index (χ2n) is 4.20. The molecule has 1 saturated heterocycles. The summed E-state index contributed by atoms with van der Waals surface area (Å²) in [5, 5.41) is 11.3. The van der Waals surface area contributed by atoms with Crippen molar-refractivity contribution in [3.05, 3.63) is 3.95 Å². The smallest absolute Gasteiger partial charge is 0.204 e. The molecule has 0 saturated carbocycles. The lowest BCUT2D eigenvalue weighted by Crippen LogP contribution is -2.43. The van der Waals surface area contributed by atoms with E-state index < -0.39 is 0 Å². The minimum Gasteiger partial charge on any atom is -0.357 e. The fraction of sp³-hybridized carbons (Fsp3) is 0.778. The van der Waals surface area contributed by atoms with Crippen LogP contribution in [0.5, 0.6) is 0 Å². The van der Waals surface area contributed by atoms with Crippen molar-refractivity contribution in [1.82, 2.24) is 15.1 Å². The molecule has 0 spiro atoms. The number of nitrogens with zero attached hydrogens (tertiary/aromatic N) is 2. The highest BCUT2D eigenvalue weighted by Gasteiger charge is 2.24. The van der Waals surface area contributed by atoms with Crippen LogP contribution in [0.15, 0.2) is 0 Å². The number of H-pyrrole nitrogens is 1. The van der Waals surface area contributed by atoms with Gasteiger partial charge in [0.25, 0.3) is 0 Å². The van der Waals surface area contributed by atoms with Crippen molar-refractivity contribution in [2.45, 2.75) is 19.4 Å². The summed E-state index contributed by atoms with van der Waals surface area (Å²) in [6.45, 7) is 4.57. The van der Waals surface area contributed by atoms with Gasteiger partial charge >= 0.3 is 0 Å². The molecule has 2 heterocycles. The first-order valence-electron chi connectivity index (χ1n) is 5.16. The van der Waals surface area contributed by atoms with Crippen molar-refractivity contribution < 1.29 is 0 Å². The van der Waals surface area contributed by atoms with Gasteiger partial charge in [-0.25, -0.2) is 0 Å². The Kier molecular flexibility index (Phi) is 3.38. The summed E-state index contributed by atoms with van der Waals surface area (Å²) in [4.78, 5) is 2.37. The maximum absolute atomic E-state index is 5.00. The highest BCUT2D eigenvalue weighted by Crippen LogP contribution is 2.21. The van der Waals surface area contributed by atoms with E-state index in [-0.39, 0.29) is 0 Å². The molecule has 0 radical (unpaired) electrons. The number of rotatable bonds is 2. The molecule has 4 nitrogen and oxygen atoms in total. The van der Waals surface area contributed by atoms with Crippen molar-refractivity contribution in [3.63, 3.8) is 0 Å². The number of hydrogen-bond donors (Lipinski definition) is 2. The van der Waals surface area contributed by atoms with Gasteiger partial charge in [-0.15, -0.1) is 5.10 Å². The van der Waals surface area contributed by atoms with Crippen molar-refractivity contribution in [2.75, 3.05) is 25.5 Å². The molecule has 2 N–H and O–H groups in total. The molecular weight excluding hydrogens is 228 g/mol. The van der Waals surface area contributed by atoms with Gasteiger partial charge in [-0.1, -0.05) is 18.3 Å². The van der Waals surface area contributed by atoms with E-state index in [1.807, 2.05) is 0 Å². The SMILES string of the molecule is CC1CN(C)CCC1Nc1n[nH]c(=S)s1. The van der Waals surface area contributed by atoms with Crippen LogP contribution in [0.25, 0.3) is 0 Å². The second kappa shape index (κ2) is 4.59. The maximum Gasteiger partial charge on any atom is 0.204 e. The van der Waals surface area contributed by atoms with Crippen LogP contribution in [0.4, 0.5) is 5.13 Å². The molecule has 1 aliphatic rings. The van der Waals surface area contributed by atoms with Gasteiger partial charge in [0.05, 0.1) is 0 Å². The van der Waals surface area contributed by atoms with Gasteiger partial charge < -0.3 is 10.2 Å². The molecule has 84 valence electrons. The summed E-state index contributed by atoms with van der Waals surface area (Å²) >= 11 is 6.51. The Morgan fingerprint density at radius 3 is 3.07 bits per heavy atom. The number of aromatic amines is 1. The van der Waals surface area contributed by atoms with E-state index in [2.05, 4.69) is 34.4 Å². The molecule has 1 aromatic heterocycles. The van der Waals surface area contributed by atoms with Crippen LogP contribution in [-0.2, 0) is 0 Å². The third-order valence-corrected chi connectivity index (χ3v) is 3.88. The lowest BCUT2D eigenvalue weighted by Gasteiger charge is -2.34. The summed E-state index contributed by atoms with van der Waals surface area (Å²) in [6, 6.07) is 0.523. The Labute approximate surface area is 98.7 Å². The normalized spacial score (nSPS) is 27.9. The van der Waals surface area contributed by atoms with Crippen molar-refractivity contribution in [1.29, 1.82) is 0 Å². The highest BCUT2D eigenvalue weighted by molar-refractivity contribution is 7.73. The van der Waals surface area contributed by atoms with E-state index in [9.17, 15) is 0 Å². The van der Waals surface area contributed by atoms with E-state index in [1.54, 1.807) is 0 Å². The number of anilines is 1. The zero-order valence-corrected chi connectivity index (χ0v) is 10.6. The minimum atomic E-state index is 0.523. The molecule has 2 rings (SSSR count). The van der Waals surface area contributed by atoms with Gasteiger partial charge in [0.15, 0.2) is 3.95 Å². The van der Waals surface area contributed by atoms with Crippen LogP contribution in [0.1, 0.15) is 13.3 Å². The number of hydrogen-bond acceptors (Lipinski definition) is 5. The van der Waals surface area contributed by atoms with E-state index in [0.717, 1.165) is 22.2 Å². The molecule has 1 aliphatic heterocycles. The van der Waals surface area contributed by atoms with Crippen molar-refractivity contribution in [2.24, 2.45) is 5.92 Å². The third-order valence-electron chi connectivity index (χ3n) is 2.86. The van der Waals surface area contributed by atoms with Gasteiger partial charge in [0.1, 0.15) is 0 Å². The molecule has 2 unspecified atom stereocenters. The van der Waals surface area contributed by atoms with Gasteiger partial charge in [0, 0.05) is 12.6 Å². The standard InChI is InChI=1S/C9H16N4S2/c1-6-5-13(2)4-3-7(6)10-8-11-12-9(14)15-8/h6-7H,3-5H2,1-2H3,(H,10,11)(H,12,14). The van der Waals surface area contributed by atoms with Crippen LogP contribution in [0.2, 0.25) is 0 Å². The van der Waals surface area contributed by atoms with E-state index >= 15 is 0 Å². The Balaban J connectivity index is 1.97. The van der Waals surface area contributed by atoms with Crippen LogP contribution in [-0.4, -0.2) is 41.3 Å². The lowest BCUT2D eigenvalue weighted by atomic mass is 9.94. The first kappa shape index (κ1) is 11.0. The fourth-order valence-corrected chi connectivity index (χ4v) is 2.87. The monoisotopic (exact) mass is 244 g/mol. The average Bonchev–Trinajstić information content (AvgIpc) is 2.56. The zero-order chi connectivity index (χ0) is 10.8. The molecule has 1 aromatic rings.